The maximum atomic E-state index is 12.5. The summed E-state index contributed by atoms with van der Waals surface area (Å²) in [5, 5.41) is 9.57. The van der Waals surface area contributed by atoms with Gasteiger partial charge >= 0.3 is 0 Å². The minimum atomic E-state index is -0.220. The molecular formula is C23H28N2O2. The molecule has 2 aliphatic carbocycles. The number of allylic oxidation sites excluding steroid dienone is 1. The van der Waals surface area contributed by atoms with E-state index in [0.717, 1.165) is 36.2 Å². The summed E-state index contributed by atoms with van der Waals surface area (Å²) in [5.41, 5.74) is 4.96. The summed E-state index contributed by atoms with van der Waals surface area (Å²) in [4.78, 5) is 21.1. The predicted molar refractivity (Wildman–Crippen MR) is 107 cm³/mol. The lowest BCUT2D eigenvalue weighted by Gasteiger charge is -2.47. The van der Waals surface area contributed by atoms with Crippen LogP contribution in [0.4, 0.5) is 0 Å². The number of hydrogen-bond donors (Lipinski definition) is 2. The number of Topliss-reactive ketones (excluding diaryl/α,β-unsaturated/α-hetero) is 1. The number of fused-ring (bicyclic) bond motifs is 3. The van der Waals surface area contributed by atoms with Crippen molar-refractivity contribution in [3.63, 3.8) is 0 Å². The van der Waals surface area contributed by atoms with Crippen molar-refractivity contribution >= 4 is 5.78 Å². The van der Waals surface area contributed by atoms with Gasteiger partial charge in [0.05, 0.1) is 12.0 Å². The third-order valence-electron chi connectivity index (χ3n) is 6.74. The Labute approximate surface area is 160 Å². The Hall–Kier alpha value is -2.36. The van der Waals surface area contributed by atoms with E-state index in [1.54, 1.807) is 0 Å². The number of benzene rings is 1. The Morgan fingerprint density at radius 1 is 1.30 bits per heavy atom. The van der Waals surface area contributed by atoms with Crippen LogP contribution in [0.25, 0.3) is 11.4 Å². The van der Waals surface area contributed by atoms with Crippen LogP contribution >= 0.6 is 0 Å². The van der Waals surface area contributed by atoms with Gasteiger partial charge in [-0.05, 0) is 36.7 Å². The fourth-order valence-corrected chi connectivity index (χ4v) is 5.10. The number of nitrogens with zero attached hydrogens (tertiary/aromatic N) is 1. The molecule has 2 aromatic rings. The fraction of sp³-hybridized carbons (Fsp3) is 0.478. The van der Waals surface area contributed by atoms with Crippen molar-refractivity contribution in [1.29, 1.82) is 0 Å². The number of aliphatic hydroxyl groups excluding tert-OH is 1. The van der Waals surface area contributed by atoms with Crippen LogP contribution in [-0.4, -0.2) is 20.9 Å². The Morgan fingerprint density at radius 2 is 2.00 bits per heavy atom. The van der Waals surface area contributed by atoms with Crippen LogP contribution in [0.15, 0.2) is 36.1 Å². The summed E-state index contributed by atoms with van der Waals surface area (Å²) < 4.78 is 0. The first kappa shape index (κ1) is 18.0. The lowest BCUT2D eigenvalue weighted by atomic mass is 9.56. The van der Waals surface area contributed by atoms with Gasteiger partial charge in [0.25, 0.3) is 0 Å². The van der Waals surface area contributed by atoms with Crippen molar-refractivity contribution in [3.05, 3.63) is 53.1 Å². The molecule has 1 aromatic carbocycles. The van der Waals surface area contributed by atoms with E-state index in [1.807, 2.05) is 6.92 Å². The molecule has 0 radical (unpaired) electrons. The molecule has 0 amide bonds. The molecule has 0 bridgehead atoms. The van der Waals surface area contributed by atoms with Crippen LogP contribution < -0.4 is 0 Å². The van der Waals surface area contributed by atoms with E-state index in [9.17, 15) is 9.90 Å². The van der Waals surface area contributed by atoms with Gasteiger partial charge in [-0.2, -0.15) is 0 Å². The molecule has 0 spiro atoms. The van der Waals surface area contributed by atoms with E-state index in [2.05, 4.69) is 50.0 Å². The summed E-state index contributed by atoms with van der Waals surface area (Å²) in [7, 11) is 0. The van der Waals surface area contributed by atoms with Crippen molar-refractivity contribution in [1.82, 2.24) is 9.97 Å². The molecule has 2 aliphatic rings. The SMILES string of the molecule is CC(C)c1ccc(-c2nc3c([nH]2)CC[C@@H]2[C@@H](C)C(=O)/C(=C\O)C[C@@]32C)cc1. The summed E-state index contributed by atoms with van der Waals surface area (Å²) >= 11 is 0. The number of aromatic amines is 1. The van der Waals surface area contributed by atoms with E-state index in [1.165, 1.54) is 11.3 Å². The van der Waals surface area contributed by atoms with Gasteiger partial charge in [0.1, 0.15) is 5.82 Å². The summed E-state index contributed by atoms with van der Waals surface area (Å²) in [6, 6.07) is 8.59. The van der Waals surface area contributed by atoms with Crippen molar-refractivity contribution in [2.75, 3.05) is 0 Å². The largest absolute Gasteiger partial charge is 0.515 e. The third kappa shape index (κ3) is 2.73. The molecule has 0 saturated heterocycles. The molecule has 142 valence electrons. The number of ketones is 1. The van der Waals surface area contributed by atoms with Crippen LogP contribution in [-0.2, 0) is 16.6 Å². The van der Waals surface area contributed by atoms with Crippen LogP contribution in [0.5, 0.6) is 0 Å². The third-order valence-corrected chi connectivity index (χ3v) is 6.74. The quantitative estimate of drug-likeness (QED) is 0.577. The smallest absolute Gasteiger partial charge is 0.165 e. The van der Waals surface area contributed by atoms with E-state index in [4.69, 9.17) is 4.98 Å². The molecule has 1 heterocycles. The standard InChI is InChI=1S/C23H28N2O2/c1-13(2)15-5-7-16(8-6-15)22-24-19-10-9-18-14(3)20(27)17(12-26)11-23(18,4)21(19)25-22/h5-8,12-14,18,26H,9-11H2,1-4H3,(H,24,25)/b17-12-/t14-,18-,23-/m1/s1. The number of aliphatic hydroxyl groups is 1. The Kier molecular flexibility index (Phi) is 4.25. The molecule has 3 atom stereocenters. The predicted octanol–water partition coefficient (Wildman–Crippen LogP) is 5.07. The average Bonchev–Trinajstić information content (AvgIpc) is 3.10. The molecule has 4 heteroatoms. The highest BCUT2D eigenvalue weighted by Gasteiger charge is 2.51. The van der Waals surface area contributed by atoms with Gasteiger partial charge in [0, 0.05) is 28.2 Å². The first-order valence-electron chi connectivity index (χ1n) is 9.92. The fourth-order valence-electron chi connectivity index (χ4n) is 5.10. The Balaban J connectivity index is 1.75. The number of aryl methyl sites for hydroxylation is 1. The molecule has 4 rings (SSSR count). The second-order valence-corrected chi connectivity index (χ2v) is 8.74. The average molecular weight is 364 g/mol. The highest BCUT2D eigenvalue weighted by atomic mass is 16.2. The first-order valence-corrected chi connectivity index (χ1v) is 9.92. The number of imidazole rings is 1. The van der Waals surface area contributed by atoms with Crippen molar-refractivity contribution < 1.29 is 9.90 Å². The van der Waals surface area contributed by atoms with Gasteiger partial charge in [-0.15, -0.1) is 0 Å². The van der Waals surface area contributed by atoms with Gasteiger partial charge in [-0.3, -0.25) is 4.79 Å². The second kappa shape index (κ2) is 6.36. The van der Waals surface area contributed by atoms with Crippen LogP contribution in [0, 0.1) is 11.8 Å². The van der Waals surface area contributed by atoms with Gasteiger partial charge < -0.3 is 10.1 Å². The van der Waals surface area contributed by atoms with Crippen LogP contribution in [0.2, 0.25) is 0 Å². The minimum absolute atomic E-state index is 0.0826. The molecule has 1 aromatic heterocycles. The van der Waals surface area contributed by atoms with Gasteiger partial charge in [0.2, 0.25) is 0 Å². The number of carbonyl (C=O) groups is 1. The number of carbonyl (C=O) groups excluding carboxylic acids is 1. The number of hydrogen-bond acceptors (Lipinski definition) is 3. The maximum Gasteiger partial charge on any atom is 0.165 e. The Morgan fingerprint density at radius 3 is 2.63 bits per heavy atom. The molecule has 1 fully saturated rings. The van der Waals surface area contributed by atoms with Crippen LogP contribution in [0.3, 0.4) is 0 Å². The van der Waals surface area contributed by atoms with E-state index in [-0.39, 0.29) is 23.0 Å². The minimum Gasteiger partial charge on any atom is -0.515 e. The van der Waals surface area contributed by atoms with Crippen molar-refractivity contribution in [2.24, 2.45) is 11.8 Å². The number of nitrogens with one attached hydrogen (secondary N) is 1. The zero-order valence-electron chi connectivity index (χ0n) is 16.5. The summed E-state index contributed by atoms with van der Waals surface area (Å²) in [6.07, 6.45) is 3.46. The van der Waals surface area contributed by atoms with Crippen molar-refractivity contribution in [2.45, 2.75) is 58.3 Å². The lowest BCUT2D eigenvalue weighted by molar-refractivity contribution is -0.124. The van der Waals surface area contributed by atoms with E-state index in [0.29, 0.717) is 17.9 Å². The van der Waals surface area contributed by atoms with E-state index >= 15 is 0 Å². The van der Waals surface area contributed by atoms with Crippen molar-refractivity contribution in [3.8, 4) is 11.4 Å². The first-order chi connectivity index (χ1) is 12.8. The molecule has 0 unspecified atom stereocenters. The molecule has 0 aliphatic heterocycles. The zero-order valence-corrected chi connectivity index (χ0v) is 16.5. The zero-order chi connectivity index (χ0) is 19.3. The molecule has 27 heavy (non-hydrogen) atoms. The monoisotopic (exact) mass is 364 g/mol. The molecular weight excluding hydrogens is 336 g/mol. The molecule has 2 N–H and O–H groups in total. The summed E-state index contributed by atoms with van der Waals surface area (Å²) in [6.45, 7) is 8.59. The summed E-state index contributed by atoms with van der Waals surface area (Å²) in [5.74, 6) is 1.68. The lowest BCUT2D eigenvalue weighted by Crippen LogP contribution is -2.47. The van der Waals surface area contributed by atoms with E-state index < -0.39 is 0 Å². The van der Waals surface area contributed by atoms with Crippen LogP contribution in [0.1, 0.15) is 63.4 Å². The molecule has 4 nitrogen and oxygen atoms in total. The number of rotatable bonds is 2. The Bertz CT molecular complexity index is 907. The van der Waals surface area contributed by atoms with Gasteiger partial charge in [-0.1, -0.05) is 52.0 Å². The number of H-pyrrole nitrogens is 1. The second-order valence-electron chi connectivity index (χ2n) is 8.74. The highest BCUT2D eigenvalue weighted by Crippen LogP contribution is 2.52. The topological polar surface area (TPSA) is 66.0 Å². The van der Waals surface area contributed by atoms with Gasteiger partial charge in [0.15, 0.2) is 5.78 Å². The van der Waals surface area contributed by atoms with Gasteiger partial charge in [-0.25, -0.2) is 4.98 Å². The normalized spacial score (nSPS) is 29.1. The number of aromatic nitrogens is 2. The highest BCUT2D eigenvalue weighted by molar-refractivity contribution is 5.98. The molecule has 1 saturated carbocycles. The maximum absolute atomic E-state index is 12.5.